The fourth-order valence-electron chi connectivity index (χ4n) is 0.785. The predicted octanol–water partition coefficient (Wildman–Crippen LogP) is 2.32. The number of aromatic nitrogens is 1. The van der Waals surface area contributed by atoms with Crippen molar-refractivity contribution in [2.75, 3.05) is 0 Å². The van der Waals surface area contributed by atoms with Crippen LogP contribution in [0.3, 0.4) is 0 Å². The van der Waals surface area contributed by atoms with E-state index in [0.29, 0.717) is 4.47 Å². The molecular weight excluding hydrogens is 249 g/mol. The molecule has 2 nitrogen and oxygen atoms in total. The van der Waals surface area contributed by atoms with E-state index in [-0.39, 0.29) is 12.2 Å². The molecule has 13 heavy (non-hydrogen) atoms. The average Bonchev–Trinajstić information content (AvgIpc) is 2.03. The van der Waals surface area contributed by atoms with Gasteiger partial charge in [-0.25, -0.2) is 4.98 Å². The number of pyridine rings is 1. The third kappa shape index (κ3) is 2.41. The predicted molar refractivity (Wildman–Crippen MR) is 44.8 cm³/mol. The van der Waals surface area contributed by atoms with E-state index in [1.165, 1.54) is 6.07 Å². The van der Waals surface area contributed by atoms with Crippen LogP contribution >= 0.6 is 15.9 Å². The quantitative estimate of drug-likeness (QED) is 0.836. The van der Waals surface area contributed by atoms with Crippen molar-refractivity contribution in [1.29, 1.82) is 0 Å². The highest BCUT2D eigenvalue weighted by molar-refractivity contribution is 9.10. The van der Waals surface area contributed by atoms with Crippen molar-refractivity contribution >= 4 is 15.9 Å². The lowest BCUT2D eigenvalue weighted by Crippen LogP contribution is -2.11. The van der Waals surface area contributed by atoms with Crippen molar-refractivity contribution in [1.82, 2.24) is 4.98 Å². The Morgan fingerprint density at radius 3 is 2.46 bits per heavy atom. The molecule has 0 aliphatic rings. The molecule has 6 heteroatoms. The van der Waals surface area contributed by atoms with Crippen LogP contribution in [0.5, 0.6) is 0 Å². The molecule has 0 aromatic carbocycles. The summed E-state index contributed by atoms with van der Waals surface area (Å²) in [4.78, 5) is 3.37. The molecule has 0 fully saturated rings. The Morgan fingerprint density at radius 2 is 2.00 bits per heavy atom. The maximum atomic E-state index is 12.1. The molecule has 0 aliphatic carbocycles. The third-order valence-corrected chi connectivity index (χ3v) is 2.12. The Kier molecular flexibility index (Phi) is 2.92. The zero-order valence-electron chi connectivity index (χ0n) is 6.40. The lowest BCUT2D eigenvalue weighted by Gasteiger charge is -2.07. The van der Waals surface area contributed by atoms with Crippen LogP contribution in [0.4, 0.5) is 13.2 Å². The second kappa shape index (κ2) is 3.63. The highest BCUT2D eigenvalue weighted by Crippen LogP contribution is 2.29. The standard InChI is InChI=1S/C7H6BrF3N2/c8-4-1-2-6(7(9,10)11)13-5(4)3-12/h1-2H,3,12H2. The van der Waals surface area contributed by atoms with Gasteiger partial charge in [-0.3, -0.25) is 0 Å². The molecule has 72 valence electrons. The summed E-state index contributed by atoms with van der Waals surface area (Å²) < 4.78 is 36.8. The van der Waals surface area contributed by atoms with E-state index in [1.54, 1.807) is 0 Å². The highest BCUT2D eigenvalue weighted by atomic mass is 79.9. The first-order chi connectivity index (χ1) is 5.95. The Balaban J connectivity index is 3.14. The van der Waals surface area contributed by atoms with Crippen LogP contribution in [0.1, 0.15) is 11.4 Å². The van der Waals surface area contributed by atoms with Crippen molar-refractivity contribution in [2.24, 2.45) is 5.73 Å². The van der Waals surface area contributed by atoms with Gasteiger partial charge in [0.05, 0.1) is 5.69 Å². The van der Waals surface area contributed by atoms with E-state index in [9.17, 15) is 13.2 Å². The summed E-state index contributed by atoms with van der Waals surface area (Å²) in [5, 5.41) is 0. The molecule has 0 saturated heterocycles. The van der Waals surface area contributed by atoms with Crippen molar-refractivity contribution in [2.45, 2.75) is 12.7 Å². The molecule has 0 unspecified atom stereocenters. The van der Waals surface area contributed by atoms with Gasteiger partial charge in [0.1, 0.15) is 5.69 Å². The molecule has 1 aromatic rings. The minimum absolute atomic E-state index is 0.0233. The monoisotopic (exact) mass is 254 g/mol. The first-order valence-electron chi connectivity index (χ1n) is 3.38. The van der Waals surface area contributed by atoms with E-state index in [0.717, 1.165) is 6.07 Å². The van der Waals surface area contributed by atoms with Gasteiger partial charge in [-0.05, 0) is 28.1 Å². The van der Waals surface area contributed by atoms with Crippen LogP contribution in [0, 0.1) is 0 Å². The van der Waals surface area contributed by atoms with Gasteiger partial charge in [0.25, 0.3) is 0 Å². The fourth-order valence-corrected chi connectivity index (χ4v) is 1.17. The van der Waals surface area contributed by atoms with Crippen LogP contribution in [0.2, 0.25) is 0 Å². The van der Waals surface area contributed by atoms with Crippen molar-refractivity contribution < 1.29 is 13.2 Å². The molecule has 0 radical (unpaired) electrons. The first kappa shape index (κ1) is 10.5. The number of nitrogens with two attached hydrogens (primary N) is 1. The Morgan fingerprint density at radius 1 is 1.38 bits per heavy atom. The summed E-state index contributed by atoms with van der Waals surface area (Å²) in [6.45, 7) is -0.0233. The highest BCUT2D eigenvalue weighted by Gasteiger charge is 2.32. The molecule has 0 bridgehead atoms. The zero-order chi connectivity index (χ0) is 10.1. The summed E-state index contributed by atoms with van der Waals surface area (Å²) in [6, 6.07) is 2.20. The minimum Gasteiger partial charge on any atom is -0.325 e. The molecule has 2 N–H and O–H groups in total. The maximum Gasteiger partial charge on any atom is 0.433 e. The van der Waals surface area contributed by atoms with Gasteiger partial charge in [-0.15, -0.1) is 0 Å². The number of rotatable bonds is 1. The largest absolute Gasteiger partial charge is 0.433 e. The van der Waals surface area contributed by atoms with E-state index in [4.69, 9.17) is 5.73 Å². The second-order valence-electron chi connectivity index (χ2n) is 2.33. The first-order valence-corrected chi connectivity index (χ1v) is 4.17. The second-order valence-corrected chi connectivity index (χ2v) is 3.18. The van der Waals surface area contributed by atoms with Crippen LogP contribution < -0.4 is 5.73 Å². The van der Waals surface area contributed by atoms with Crippen molar-refractivity contribution in [3.8, 4) is 0 Å². The molecule has 0 saturated carbocycles. The van der Waals surface area contributed by atoms with Crippen LogP contribution in [0.15, 0.2) is 16.6 Å². The summed E-state index contributed by atoms with van der Waals surface area (Å²) in [6.07, 6.45) is -4.41. The number of alkyl halides is 3. The Hall–Kier alpha value is -0.620. The van der Waals surface area contributed by atoms with Gasteiger partial charge >= 0.3 is 6.18 Å². The average molecular weight is 255 g/mol. The summed E-state index contributed by atoms with van der Waals surface area (Å²) in [5.74, 6) is 0. The smallest absolute Gasteiger partial charge is 0.325 e. The fraction of sp³-hybridized carbons (Fsp3) is 0.286. The molecule has 0 spiro atoms. The Bertz CT molecular complexity index is 311. The van der Waals surface area contributed by atoms with Crippen LogP contribution in [-0.2, 0) is 12.7 Å². The molecule has 1 aromatic heterocycles. The zero-order valence-corrected chi connectivity index (χ0v) is 7.98. The Labute approximate surface area is 81.1 Å². The van der Waals surface area contributed by atoms with Gasteiger partial charge in [0.2, 0.25) is 0 Å². The van der Waals surface area contributed by atoms with Gasteiger partial charge in [0.15, 0.2) is 0 Å². The number of hydrogen-bond acceptors (Lipinski definition) is 2. The van der Waals surface area contributed by atoms with E-state index in [2.05, 4.69) is 20.9 Å². The summed E-state index contributed by atoms with van der Waals surface area (Å²) >= 11 is 3.05. The van der Waals surface area contributed by atoms with Gasteiger partial charge in [0, 0.05) is 11.0 Å². The maximum absolute atomic E-state index is 12.1. The van der Waals surface area contributed by atoms with Gasteiger partial charge < -0.3 is 5.73 Å². The lowest BCUT2D eigenvalue weighted by atomic mass is 10.3. The molecule has 0 atom stereocenters. The van der Waals surface area contributed by atoms with Crippen LogP contribution in [-0.4, -0.2) is 4.98 Å². The topological polar surface area (TPSA) is 38.9 Å². The summed E-state index contributed by atoms with van der Waals surface area (Å²) in [5.41, 5.74) is 4.49. The molecule has 1 heterocycles. The van der Waals surface area contributed by atoms with E-state index >= 15 is 0 Å². The lowest BCUT2D eigenvalue weighted by molar-refractivity contribution is -0.141. The SMILES string of the molecule is NCc1nc(C(F)(F)F)ccc1Br. The number of hydrogen-bond donors (Lipinski definition) is 1. The van der Waals surface area contributed by atoms with Gasteiger partial charge in [-0.1, -0.05) is 0 Å². The summed E-state index contributed by atoms with van der Waals surface area (Å²) in [7, 11) is 0. The van der Waals surface area contributed by atoms with Crippen molar-refractivity contribution in [3.05, 3.63) is 28.0 Å². The van der Waals surface area contributed by atoms with Crippen molar-refractivity contribution in [3.63, 3.8) is 0 Å². The normalized spacial score (nSPS) is 11.8. The van der Waals surface area contributed by atoms with Gasteiger partial charge in [-0.2, -0.15) is 13.2 Å². The molecule has 0 amide bonds. The number of nitrogens with zero attached hydrogens (tertiary/aromatic N) is 1. The van der Waals surface area contributed by atoms with Crippen LogP contribution in [0.25, 0.3) is 0 Å². The molecular formula is C7H6BrF3N2. The van der Waals surface area contributed by atoms with E-state index in [1.807, 2.05) is 0 Å². The third-order valence-electron chi connectivity index (χ3n) is 1.40. The molecule has 0 aliphatic heterocycles. The molecule has 1 rings (SSSR count). The number of halogens is 4. The minimum atomic E-state index is -4.41. The van der Waals surface area contributed by atoms with E-state index < -0.39 is 11.9 Å².